The van der Waals surface area contributed by atoms with Crippen LogP contribution in [0.25, 0.3) is 0 Å². The number of H-pyrrole nitrogens is 2. The van der Waals surface area contributed by atoms with Crippen LogP contribution in [0.3, 0.4) is 0 Å². The maximum absolute atomic E-state index is 12.2. The van der Waals surface area contributed by atoms with Crippen molar-refractivity contribution in [3.63, 3.8) is 0 Å². The van der Waals surface area contributed by atoms with E-state index in [1.54, 1.807) is 11.1 Å². The van der Waals surface area contributed by atoms with Gasteiger partial charge in [-0.25, -0.2) is 10.1 Å². The lowest BCUT2D eigenvalue weighted by Gasteiger charge is -2.30. The minimum Gasteiger partial charge on any atom is -0.348 e. The molecule has 0 radical (unpaired) electrons. The quantitative estimate of drug-likeness (QED) is 0.833. The number of likely N-dealkylation sites (tertiary alicyclic amines) is 1. The molecule has 1 saturated heterocycles. The normalized spacial score (nSPS) is 16.3. The number of amides is 1. The van der Waals surface area contributed by atoms with Crippen LogP contribution in [-0.4, -0.2) is 44.1 Å². The highest BCUT2D eigenvalue weighted by molar-refractivity contribution is 5.92. The van der Waals surface area contributed by atoms with Gasteiger partial charge in [0.25, 0.3) is 11.5 Å². The fourth-order valence-electron chi connectivity index (χ4n) is 2.48. The number of aromatic amines is 2. The van der Waals surface area contributed by atoms with Crippen LogP contribution >= 0.6 is 0 Å². The Labute approximate surface area is 115 Å². The fraction of sp³-hybridized carbons (Fsp3) is 0.385. The number of carbonyl (C=O) groups is 1. The van der Waals surface area contributed by atoms with Gasteiger partial charge in [0.05, 0.1) is 0 Å². The smallest absolute Gasteiger partial charge is 0.274 e. The number of nitrogens with one attached hydrogen (secondary N) is 2. The Morgan fingerprint density at radius 2 is 2.10 bits per heavy atom. The Balaban J connectivity index is 1.64. The number of nitrogens with zero attached hydrogens (tertiary/aromatic N) is 3. The Hall–Kier alpha value is -2.44. The molecule has 3 heterocycles. The molecule has 0 aromatic carbocycles. The number of hydrogen-bond donors (Lipinski definition) is 2. The molecule has 2 aromatic heterocycles. The van der Waals surface area contributed by atoms with Gasteiger partial charge in [-0.1, -0.05) is 0 Å². The molecule has 20 heavy (non-hydrogen) atoms. The SMILES string of the molecule is O=C(c1ccc(=O)[nH]n1)N1CCC(c2ncc[nH]2)CC1. The molecular weight excluding hydrogens is 258 g/mol. The van der Waals surface area contributed by atoms with Crippen LogP contribution in [0.15, 0.2) is 29.3 Å². The Bertz CT molecular complexity index is 621. The highest BCUT2D eigenvalue weighted by Crippen LogP contribution is 2.25. The number of hydrogen-bond acceptors (Lipinski definition) is 4. The van der Waals surface area contributed by atoms with Gasteiger partial charge in [-0.2, -0.15) is 5.10 Å². The van der Waals surface area contributed by atoms with E-state index in [1.807, 2.05) is 6.20 Å². The summed E-state index contributed by atoms with van der Waals surface area (Å²) in [6, 6.07) is 2.77. The van der Waals surface area contributed by atoms with Gasteiger partial charge in [0.2, 0.25) is 0 Å². The molecule has 0 saturated carbocycles. The summed E-state index contributed by atoms with van der Waals surface area (Å²) < 4.78 is 0. The third-order valence-corrected chi connectivity index (χ3v) is 3.59. The summed E-state index contributed by atoms with van der Waals surface area (Å²) in [5.74, 6) is 1.22. The topological polar surface area (TPSA) is 94.7 Å². The number of carbonyl (C=O) groups excluding carboxylic acids is 1. The first kappa shape index (κ1) is 12.6. The third-order valence-electron chi connectivity index (χ3n) is 3.59. The highest BCUT2D eigenvalue weighted by atomic mass is 16.2. The second-order valence-corrected chi connectivity index (χ2v) is 4.85. The second kappa shape index (κ2) is 5.28. The van der Waals surface area contributed by atoms with Gasteiger partial charge in [-0.05, 0) is 18.9 Å². The molecule has 1 amide bonds. The fourth-order valence-corrected chi connectivity index (χ4v) is 2.48. The van der Waals surface area contributed by atoms with Gasteiger partial charge in [0.1, 0.15) is 11.5 Å². The van der Waals surface area contributed by atoms with Crippen molar-refractivity contribution in [2.45, 2.75) is 18.8 Å². The summed E-state index contributed by atoms with van der Waals surface area (Å²) in [7, 11) is 0. The number of imidazole rings is 1. The number of aromatic nitrogens is 4. The standard InChI is InChI=1S/C13H15N5O2/c19-11-2-1-10(16-17-11)13(20)18-7-3-9(4-8-18)12-14-5-6-15-12/h1-2,5-6,9H,3-4,7-8H2,(H,14,15)(H,17,19). The second-order valence-electron chi connectivity index (χ2n) is 4.85. The van der Waals surface area contributed by atoms with E-state index in [0.29, 0.717) is 19.0 Å². The molecule has 1 aliphatic heterocycles. The van der Waals surface area contributed by atoms with Crippen molar-refractivity contribution < 1.29 is 4.79 Å². The molecule has 0 atom stereocenters. The van der Waals surface area contributed by atoms with E-state index in [0.717, 1.165) is 18.7 Å². The van der Waals surface area contributed by atoms with Gasteiger partial charge in [0, 0.05) is 37.5 Å². The zero-order valence-electron chi connectivity index (χ0n) is 10.9. The molecule has 0 spiro atoms. The first-order chi connectivity index (χ1) is 9.74. The van der Waals surface area contributed by atoms with Crippen LogP contribution < -0.4 is 5.56 Å². The van der Waals surface area contributed by atoms with Crippen LogP contribution in [0.2, 0.25) is 0 Å². The highest BCUT2D eigenvalue weighted by Gasteiger charge is 2.26. The van der Waals surface area contributed by atoms with E-state index in [2.05, 4.69) is 20.2 Å². The van der Waals surface area contributed by atoms with Gasteiger partial charge in [0.15, 0.2) is 0 Å². The summed E-state index contributed by atoms with van der Waals surface area (Å²) in [6.07, 6.45) is 5.32. The van der Waals surface area contributed by atoms with E-state index < -0.39 is 0 Å². The van der Waals surface area contributed by atoms with Crippen molar-refractivity contribution in [3.05, 3.63) is 46.4 Å². The minimum absolute atomic E-state index is 0.140. The largest absolute Gasteiger partial charge is 0.348 e. The predicted octanol–water partition coefficient (Wildman–Crippen LogP) is 0.513. The summed E-state index contributed by atoms with van der Waals surface area (Å²) in [6.45, 7) is 1.34. The monoisotopic (exact) mass is 273 g/mol. The van der Waals surface area contributed by atoms with Crippen molar-refractivity contribution >= 4 is 5.91 Å². The molecule has 1 fully saturated rings. The molecule has 2 aromatic rings. The summed E-state index contributed by atoms with van der Waals surface area (Å²) in [5.41, 5.74) is -0.0286. The maximum Gasteiger partial charge on any atom is 0.274 e. The predicted molar refractivity (Wildman–Crippen MR) is 71.3 cm³/mol. The van der Waals surface area contributed by atoms with Gasteiger partial charge < -0.3 is 9.88 Å². The zero-order chi connectivity index (χ0) is 13.9. The van der Waals surface area contributed by atoms with Crippen LogP contribution in [0.1, 0.15) is 35.1 Å². The molecule has 0 aliphatic carbocycles. The Kier molecular flexibility index (Phi) is 3.32. The lowest BCUT2D eigenvalue weighted by atomic mass is 9.96. The van der Waals surface area contributed by atoms with Gasteiger partial charge in [-0.3, -0.25) is 9.59 Å². The van der Waals surface area contributed by atoms with Crippen molar-refractivity contribution in [2.24, 2.45) is 0 Å². The number of piperidine rings is 1. The third kappa shape index (κ3) is 2.47. The molecule has 2 N–H and O–H groups in total. The average molecular weight is 273 g/mol. The Morgan fingerprint density at radius 3 is 2.70 bits per heavy atom. The van der Waals surface area contributed by atoms with Crippen molar-refractivity contribution in [2.75, 3.05) is 13.1 Å². The van der Waals surface area contributed by atoms with E-state index in [-0.39, 0.29) is 17.2 Å². The molecule has 3 rings (SSSR count). The lowest BCUT2D eigenvalue weighted by molar-refractivity contribution is 0.0704. The van der Waals surface area contributed by atoms with Gasteiger partial charge in [-0.15, -0.1) is 0 Å². The van der Waals surface area contributed by atoms with E-state index in [4.69, 9.17) is 0 Å². The zero-order valence-corrected chi connectivity index (χ0v) is 10.9. The molecule has 0 bridgehead atoms. The molecule has 104 valence electrons. The first-order valence-electron chi connectivity index (χ1n) is 6.58. The van der Waals surface area contributed by atoms with Crippen LogP contribution in [0.5, 0.6) is 0 Å². The van der Waals surface area contributed by atoms with E-state index >= 15 is 0 Å². The van der Waals surface area contributed by atoms with Crippen molar-refractivity contribution in [1.82, 2.24) is 25.1 Å². The van der Waals surface area contributed by atoms with Crippen LogP contribution in [0, 0.1) is 0 Å². The Morgan fingerprint density at radius 1 is 1.30 bits per heavy atom. The minimum atomic E-state index is -0.307. The maximum atomic E-state index is 12.2. The molecular formula is C13H15N5O2. The molecule has 1 aliphatic rings. The molecule has 7 nitrogen and oxygen atoms in total. The summed E-state index contributed by atoms with van der Waals surface area (Å²) in [4.78, 5) is 32.3. The van der Waals surface area contributed by atoms with Crippen molar-refractivity contribution in [3.8, 4) is 0 Å². The molecule has 0 unspecified atom stereocenters. The van der Waals surface area contributed by atoms with E-state index in [1.165, 1.54) is 12.1 Å². The van der Waals surface area contributed by atoms with Crippen LogP contribution in [0.4, 0.5) is 0 Å². The van der Waals surface area contributed by atoms with Gasteiger partial charge >= 0.3 is 0 Å². The van der Waals surface area contributed by atoms with E-state index in [9.17, 15) is 9.59 Å². The lowest BCUT2D eigenvalue weighted by Crippen LogP contribution is -2.38. The summed E-state index contributed by atoms with van der Waals surface area (Å²) in [5, 5.41) is 6.06. The van der Waals surface area contributed by atoms with Crippen LogP contribution in [-0.2, 0) is 0 Å². The molecule has 7 heteroatoms. The van der Waals surface area contributed by atoms with Crippen molar-refractivity contribution in [1.29, 1.82) is 0 Å². The number of rotatable bonds is 2. The average Bonchev–Trinajstić information content (AvgIpc) is 3.02. The summed E-state index contributed by atoms with van der Waals surface area (Å²) >= 11 is 0. The first-order valence-corrected chi connectivity index (χ1v) is 6.58.